The van der Waals surface area contributed by atoms with Gasteiger partial charge in [-0.2, -0.15) is 0 Å². The van der Waals surface area contributed by atoms with E-state index in [1.807, 2.05) is 0 Å². The fourth-order valence-corrected chi connectivity index (χ4v) is 1.70. The summed E-state index contributed by atoms with van der Waals surface area (Å²) in [5, 5.41) is 11.6. The number of carboxylic acid groups (broad SMARTS) is 1. The van der Waals surface area contributed by atoms with Crippen molar-refractivity contribution in [2.45, 2.75) is 26.7 Å². The molecule has 0 spiro atoms. The molecule has 0 aliphatic heterocycles. The van der Waals surface area contributed by atoms with E-state index in [4.69, 9.17) is 9.84 Å². The van der Waals surface area contributed by atoms with Crippen molar-refractivity contribution >= 4 is 11.9 Å². The molecule has 5 nitrogen and oxygen atoms in total. The molecule has 2 N–H and O–H groups in total. The molecule has 0 bridgehead atoms. The van der Waals surface area contributed by atoms with E-state index < -0.39 is 5.97 Å². The SMILES string of the molecule is CC(C)CCOCCNC(=O)Cc1ccc(C(=O)O)cc1. The van der Waals surface area contributed by atoms with Crippen LogP contribution in [0.5, 0.6) is 0 Å². The number of rotatable bonds is 9. The molecule has 0 aliphatic carbocycles. The summed E-state index contributed by atoms with van der Waals surface area (Å²) in [6.45, 7) is 5.99. The van der Waals surface area contributed by atoms with Gasteiger partial charge in [-0.15, -0.1) is 0 Å². The van der Waals surface area contributed by atoms with Gasteiger partial charge in [-0.3, -0.25) is 4.79 Å². The fourth-order valence-electron chi connectivity index (χ4n) is 1.70. The van der Waals surface area contributed by atoms with Crippen molar-refractivity contribution in [1.29, 1.82) is 0 Å². The highest BCUT2D eigenvalue weighted by molar-refractivity contribution is 5.87. The quantitative estimate of drug-likeness (QED) is 0.684. The van der Waals surface area contributed by atoms with Crippen molar-refractivity contribution in [1.82, 2.24) is 5.32 Å². The number of aromatic carboxylic acids is 1. The summed E-state index contributed by atoms with van der Waals surface area (Å²) in [5.74, 6) is -0.441. The Morgan fingerprint density at radius 2 is 1.86 bits per heavy atom. The van der Waals surface area contributed by atoms with Gasteiger partial charge in [-0.25, -0.2) is 4.79 Å². The molecule has 5 heteroatoms. The first-order valence-electron chi connectivity index (χ1n) is 7.15. The third-order valence-electron chi connectivity index (χ3n) is 2.97. The van der Waals surface area contributed by atoms with E-state index in [0.29, 0.717) is 25.7 Å². The van der Waals surface area contributed by atoms with Gasteiger partial charge in [0.05, 0.1) is 18.6 Å². The average molecular weight is 293 g/mol. The highest BCUT2D eigenvalue weighted by Gasteiger charge is 2.05. The Balaban J connectivity index is 2.20. The maximum absolute atomic E-state index is 11.7. The van der Waals surface area contributed by atoms with Gasteiger partial charge in [0.25, 0.3) is 0 Å². The molecule has 1 rings (SSSR count). The van der Waals surface area contributed by atoms with E-state index >= 15 is 0 Å². The van der Waals surface area contributed by atoms with Crippen LogP contribution < -0.4 is 5.32 Å². The second-order valence-electron chi connectivity index (χ2n) is 5.32. The molecule has 0 aliphatic rings. The zero-order chi connectivity index (χ0) is 15.7. The summed E-state index contributed by atoms with van der Waals surface area (Å²) in [5.41, 5.74) is 1.01. The molecular weight excluding hydrogens is 270 g/mol. The second-order valence-corrected chi connectivity index (χ2v) is 5.32. The highest BCUT2D eigenvalue weighted by Crippen LogP contribution is 2.05. The maximum Gasteiger partial charge on any atom is 0.335 e. The third-order valence-corrected chi connectivity index (χ3v) is 2.97. The van der Waals surface area contributed by atoms with Gasteiger partial charge in [0.1, 0.15) is 0 Å². The van der Waals surface area contributed by atoms with Gasteiger partial charge < -0.3 is 15.2 Å². The minimum absolute atomic E-state index is 0.0921. The number of benzene rings is 1. The standard InChI is InChI=1S/C16H23NO4/c1-12(2)7-9-21-10-8-17-15(18)11-13-3-5-14(6-4-13)16(19)20/h3-6,12H,7-11H2,1-2H3,(H,17,18)(H,19,20). The maximum atomic E-state index is 11.7. The summed E-state index contributed by atoms with van der Waals surface area (Å²) in [7, 11) is 0. The highest BCUT2D eigenvalue weighted by atomic mass is 16.5. The molecular formula is C16H23NO4. The van der Waals surface area contributed by atoms with Crippen LogP contribution in [-0.2, 0) is 16.0 Å². The molecule has 0 heterocycles. The lowest BCUT2D eigenvalue weighted by atomic mass is 10.1. The van der Waals surface area contributed by atoms with Crippen molar-refractivity contribution in [3.8, 4) is 0 Å². The molecule has 0 atom stereocenters. The monoisotopic (exact) mass is 293 g/mol. The second kappa shape index (κ2) is 9.13. The summed E-state index contributed by atoms with van der Waals surface area (Å²) in [6.07, 6.45) is 1.26. The van der Waals surface area contributed by atoms with Crippen LogP contribution in [-0.4, -0.2) is 36.7 Å². The van der Waals surface area contributed by atoms with Crippen LogP contribution in [0.25, 0.3) is 0 Å². The topological polar surface area (TPSA) is 75.6 Å². The number of carbonyl (C=O) groups is 2. The van der Waals surface area contributed by atoms with Gasteiger partial charge in [0.2, 0.25) is 5.91 Å². The van der Waals surface area contributed by atoms with E-state index in [1.54, 1.807) is 12.1 Å². The molecule has 1 aromatic rings. The lowest BCUT2D eigenvalue weighted by molar-refractivity contribution is -0.120. The Bertz CT molecular complexity index is 454. The normalized spacial score (nSPS) is 10.6. The van der Waals surface area contributed by atoms with Crippen LogP contribution in [0.15, 0.2) is 24.3 Å². The Labute approximate surface area is 125 Å². The van der Waals surface area contributed by atoms with Crippen LogP contribution in [0.3, 0.4) is 0 Å². The van der Waals surface area contributed by atoms with E-state index in [1.165, 1.54) is 12.1 Å². The first-order valence-corrected chi connectivity index (χ1v) is 7.15. The lowest BCUT2D eigenvalue weighted by Gasteiger charge is -2.08. The van der Waals surface area contributed by atoms with Crippen LogP contribution in [0.4, 0.5) is 0 Å². The van der Waals surface area contributed by atoms with Crippen molar-refractivity contribution < 1.29 is 19.4 Å². The van der Waals surface area contributed by atoms with Crippen molar-refractivity contribution in [2.24, 2.45) is 5.92 Å². The van der Waals surface area contributed by atoms with Gasteiger partial charge >= 0.3 is 5.97 Å². The first kappa shape index (κ1) is 17.2. The number of amides is 1. The average Bonchev–Trinajstić information content (AvgIpc) is 2.43. The number of ether oxygens (including phenoxy) is 1. The molecule has 1 aromatic carbocycles. The molecule has 21 heavy (non-hydrogen) atoms. The molecule has 0 radical (unpaired) electrons. The van der Waals surface area contributed by atoms with Gasteiger partial charge in [-0.05, 0) is 30.0 Å². The lowest BCUT2D eigenvalue weighted by Crippen LogP contribution is -2.28. The summed E-state index contributed by atoms with van der Waals surface area (Å²) in [6, 6.07) is 6.31. The van der Waals surface area contributed by atoms with E-state index in [2.05, 4.69) is 19.2 Å². The number of hydrogen-bond acceptors (Lipinski definition) is 3. The predicted octanol–water partition coefficient (Wildman–Crippen LogP) is 2.11. The largest absolute Gasteiger partial charge is 0.478 e. The molecule has 0 aromatic heterocycles. The zero-order valence-electron chi connectivity index (χ0n) is 12.6. The minimum Gasteiger partial charge on any atom is -0.478 e. The third kappa shape index (κ3) is 7.46. The number of carbonyl (C=O) groups excluding carboxylic acids is 1. The molecule has 0 saturated heterocycles. The molecule has 0 unspecified atom stereocenters. The molecule has 116 valence electrons. The van der Waals surface area contributed by atoms with Gasteiger partial charge in [0, 0.05) is 13.2 Å². The Morgan fingerprint density at radius 3 is 2.43 bits per heavy atom. The number of nitrogens with one attached hydrogen (secondary N) is 1. The molecule has 0 fully saturated rings. The van der Waals surface area contributed by atoms with E-state index in [-0.39, 0.29) is 17.9 Å². The van der Waals surface area contributed by atoms with Crippen molar-refractivity contribution in [3.63, 3.8) is 0 Å². The minimum atomic E-state index is -0.968. The van der Waals surface area contributed by atoms with Crippen LogP contribution in [0.2, 0.25) is 0 Å². The van der Waals surface area contributed by atoms with Gasteiger partial charge in [0.15, 0.2) is 0 Å². The Hall–Kier alpha value is -1.88. The summed E-state index contributed by atoms with van der Waals surface area (Å²) in [4.78, 5) is 22.4. The van der Waals surface area contributed by atoms with Crippen LogP contribution in [0, 0.1) is 5.92 Å². The molecule has 1 amide bonds. The van der Waals surface area contributed by atoms with Crippen molar-refractivity contribution in [2.75, 3.05) is 19.8 Å². The fraction of sp³-hybridized carbons (Fsp3) is 0.500. The predicted molar refractivity (Wildman–Crippen MR) is 80.4 cm³/mol. The Kier molecular flexibility index (Phi) is 7.46. The number of hydrogen-bond donors (Lipinski definition) is 2. The summed E-state index contributed by atoms with van der Waals surface area (Å²) >= 11 is 0. The van der Waals surface area contributed by atoms with E-state index in [0.717, 1.165) is 12.0 Å². The first-order chi connectivity index (χ1) is 9.99. The van der Waals surface area contributed by atoms with Crippen LogP contribution in [0.1, 0.15) is 36.2 Å². The van der Waals surface area contributed by atoms with Gasteiger partial charge in [-0.1, -0.05) is 26.0 Å². The van der Waals surface area contributed by atoms with Crippen molar-refractivity contribution in [3.05, 3.63) is 35.4 Å². The molecule has 0 saturated carbocycles. The van der Waals surface area contributed by atoms with E-state index in [9.17, 15) is 9.59 Å². The van der Waals surface area contributed by atoms with Crippen LogP contribution >= 0.6 is 0 Å². The number of carboxylic acids is 1. The Morgan fingerprint density at radius 1 is 1.19 bits per heavy atom. The zero-order valence-corrected chi connectivity index (χ0v) is 12.6. The summed E-state index contributed by atoms with van der Waals surface area (Å²) < 4.78 is 5.41. The smallest absolute Gasteiger partial charge is 0.335 e.